The van der Waals surface area contributed by atoms with Gasteiger partial charge in [-0.05, 0) is 12.8 Å². The van der Waals surface area contributed by atoms with Crippen molar-refractivity contribution in [1.29, 1.82) is 0 Å². The molecule has 0 bridgehead atoms. The summed E-state index contributed by atoms with van der Waals surface area (Å²) in [6, 6.07) is -4.96. The first-order valence-electron chi connectivity index (χ1n) is 11.8. The minimum Gasteiger partial charge on any atom is -0.480 e. The fourth-order valence-corrected chi connectivity index (χ4v) is 5.34. The SMILES string of the molecule is NC(=O)C[C@@H]1NC(=O)[C@@H](N)CSSC[C@@H](C(=O)NCC(=O)O)NC(=O)[C@H](CCCN=C(N)N)NC(=O)CNC1=O. The molecule has 1 aliphatic rings. The highest BCUT2D eigenvalue weighted by Crippen LogP contribution is 2.23. The molecule has 4 atom stereocenters. The molecule has 1 aliphatic heterocycles. The van der Waals surface area contributed by atoms with Crippen molar-refractivity contribution in [2.45, 2.75) is 43.4 Å². The molecule has 0 saturated carbocycles. The number of hydrogen-bond donors (Lipinski definition) is 10. The van der Waals surface area contributed by atoms with Crippen LogP contribution in [0.25, 0.3) is 0 Å². The van der Waals surface area contributed by atoms with Gasteiger partial charge in [0.15, 0.2) is 5.96 Å². The number of primary amides is 1. The van der Waals surface area contributed by atoms with Gasteiger partial charge < -0.3 is 54.6 Å². The quantitative estimate of drug-likeness (QED) is 0.0507. The number of aliphatic carboxylic acids is 1. The highest BCUT2D eigenvalue weighted by Gasteiger charge is 2.29. The zero-order valence-electron chi connectivity index (χ0n) is 21.3. The zero-order chi connectivity index (χ0) is 30.2. The first-order valence-corrected chi connectivity index (χ1v) is 14.3. The molecule has 0 aromatic carbocycles. The maximum Gasteiger partial charge on any atom is 0.322 e. The molecule has 1 saturated heterocycles. The van der Waals surface area contributed by atoms with Crippen molar-refractivity contribution in [2.75, 3.05) is 31.1 Å². The number of carbonyl (C=O) groups excluding carboxylic acids is 6. The highest BCUT2D eigenvalue weighted by molar-refractivity contribution is 8.76. The maximum absolute atomic E-state index is 13.1. The third-order valence-corrected chi connectivity index (χ3v) is 7.46. The number of rotatable bonds is 9. The summed E-state index contributed by atoms with van der Waals surface area (Å²) >= 11 is 0. The summed E-state index contributed by atoms with van der Waals surface area (Å²) in [7, 11) is 2.13. The molecule has 40 heavy (non-hydrogen) atoms. The number of carboxylic acid groups (broad SMARTS) is 1. The first-order chi connectivity index (χ1) is 18.8. The lowest BCUT2D eigenvalue weighted by Crippen LogP contribution is -2.56. The van der Waals surface area contributed by atoms with Crippen LogP contribution in [0.15, 0.2) is 4.99 Å². The molecular formula is C20H34N10O8S2. The van der Waals surface area contributed by atoms with E-state index in [2.05, 4.69) is 31.6 Å². The van der Waals surface area contributed by atoms with Crippen molar-refractivity contribution < 1.29 is 38.7 Å². The molecule has 224 valence electrons. The predicted octanol–water partition coefficient (Wildman–Crippen LogP) is -5.59. The van der Waals surface area contributed by atoms with Crippen molar-refractivity contribution in [1.82, 2.24) is 26.6 Å². The second kappa shape index (κ2) is 17.7. The number of hydrogen-bond acceptors (Lipinski definition) is 11. The van der Waals surface area contributed by atoms with Crippen molar-refractivity contribution in [3.05, 3.63) is 0 Å². The molecule has 0 aromatic heterocycles. The standard InChI is InChI=1S/C20H34N10O8S2/c21-9-7-39-40-8-12(18(37)27-6-15(33)34)30-19(38)10(2-1-3-25-20(23)24)28-14(32)5-26-17(36)11(4-13(22)31)29-16(9)35/h9-12H,1-8,21H2,(H2,22,31)(H,26,36)(H,27,37)(H,28,32)(H,29,35)(H,30,38)(H,33,34)(H4,23,24,25)/t9-,10-,11-,12-/m0/s1. The number of amides is 6. The van der Waals surface area contributed by atoms with Gasteiger partial charge in [0, 0.05) is 18.1 Å². The Hall–Kier alpha value is -3.78. The minimum atomic E-state index is -1.40. The molecule has 0 unspecified atom stereocenters. The third-order valence-electron chi connectivity index (χ3n) is 5.01. The van der Waals surface area contributed by atoms with Gasteiger partial charge in [-0.25, -0.2) is 0 Å². The normalized spacial score (nSPS) is 23.3. The van der Waals surface area contributed by atoms with Gasteiger partial charge in [0.05, 0.1) is 19.0 Å². The largest absolute Gasteiger partial charge is 0.480 e. The number of nitrogens with one attached hydrogen (secondary N) is 5. The van der Waals surface area contributed by atoms with Crippen LogP contribution in [-0.2, 0) is 33.6 Å². The van der Waals surface area contributed by atoms with E-state index in [0.29, 0.717) is 0 Å². The number of aliphatic imine (C=N–C) groups is 1. The van der Waals surface area contributed by atoms with Crippen LogP contribution < -0.4 is 49.5 Å². The summed E-state index contributed by atoms with van der Waals surface area (Å²) in [5.74, 6) is -6.45. The Labute approximate surface area is 236 Å². The van der Waals surface area contributed by atoms with E-state index in [1.54, 1.807) is 0 Å². The Morgan fingerprint density at radius 3 is 2.25 bits per heavy atom. The van der Waals surface area contributed by atoms with Gasteiger partial charge in [-0.2, -0.15) is 0 Å². The van der Waals surface area contributed by atoms with E-state index in [1.807, 2.05) is 0 Å². The molecule has 0 spiro atoms. The van der Waals surface area contributed by atoms with E-state index >= 15 is 0 Å². The van der Waals surface area contributed by atoms with Gasteiger partial charge in [0.1, 0.15) is 24.7 Å². The van der Waals surface area contributed by atoms with E-state index in [-0.39, 0.29) is 36.9 Å². The van der Waals surface area contributed by atoms with Crippen molar-refractivity contribution in [3.63, 3.8) is 0 Å². The van der Waals surface area contributed by atoms with E-state index in [0.717, 1.165) is 21.6 Å². The van der Waals surface area contributed by atoms with Crippen LogP contribution in [-0.4, -0.2) is 108 Å². The molecule has 20 heteroatoms. The van der Waals surface area contributed by atoms with Gasteiger partial charge in [-0.15, -0.1) is 0 Å². The Morgan fingerprint density at radius 1 is 0.950 bits per heavy atom. The molecule has 1 fully saturated rings. The fourth-order valence-electron chi connectivity index (χ4n) is 3.05. The Bertz CT molecular complexity index is 994. The summed E-state index contributed by atoms with van der Waals surface area (Å²) in [4.78, 5) is 89.4. The fraction of sp³-hybridized carbons (Fsp3) is 0.600. The van der Waals surface area contributed by atoms with Crippen molar-refractivity contribution in [3.8, 4) is 0 Å². The van der Waals surface area contributed by atoms with Gasteiger partial charge >= 0.3 is 5.97 Å². The van der Waals surface area contributed by atoms with Gasteiger partial charge in [0.2, 0.25) is 35.4 Å². The number of nitrogens with two attached hydrogens (primary N) is 4. The molecule has 0 aliphatic carbocycles. The average Bonchev–Trinajstić information content (AvgIpc) is 2.87. The Morgan fingerprint density at radius 2 is 1.62 bits per heavy atom. The summed E-state index contributed by atoms with van der Waals surface area (Å²) in [5, 5.41) is 20.6. The second-order valence-electron chi connectivity index (χ2n) is 8.37. The Balaban J connectivity index is 3.19. The van der Waals surface area contributed by atoms with Gasteiger partial charge in [0.25, 0.3) is 0 Å². The molecule has 6 amide bonds. The van der Waals surface area contributed by atoms with Crippen LogP contribution >= 0.6 is 21.6 Å². The molecule has 0 radical (unpaired) electrons. The second-order valence-corrected chi connectivity index (χ2v) is 10.9. The maximum atomic E-state index is 13.1. The molecule has 18 nitrogen and oxygen atoms in total. The molecule has 14 N–H and O–H groups in total. The number of carbonyl (C=O) groups is 7. The van der Waals surface area contributed by atoms with Crippen LogP contribution in [0.4, 0.5) is 0 Å². The topological polar surface area (TPSA) is 316 Å². The van der Waals surface area contributed by atoms with Crippen molar-refractivity contribution in [2.24, 2.45) is 27.9 Å². The summed E-state index contributed by atoms with van der Waals surface area (Å²) in [6.45, 7) is -1.21. The van der Waals surface area contributed by atoms with Crippen molar-refractivity contribution >= 4 is 69.0 Å². The Kier molecular flexibility index (Phi) is 15.2. The first kappa shape index (κ1) is 34.2. The number of guanidine groups is 1. The van der Waals surface area contributed by atoms with E-state index in [1.165, 1.54) is 0 Å². The van der Waals surface area contributed by atoms with Crippen LogP contribution in [0.3, 0.4) is 0 Å². The van der Waals surface area contributed by atoms with E-state index in [9.17, 15) is 33.6 Å². The van der Waals surface area contributed by atoms with Crippen LogP contribution in [0.2, 0.25) is 0 Å². The zero-order valence-corrected chi connectivity index (χ0v) is 23.0. The molecule has 0 aromatic rings. The van der Waals surface area contributed by atoms with E-state index < -0.39 is 85.1 Å². The van der Waals surface area contributed by atoms with Gasteiger partial charge in [-0.3, -0.25) is 38.6 Å². The van der Waals surface area contributed by atoms with Crippen LogP contribution in [0.1, 0.15) is 19.3 Å². The predicted molar refractivity (Wildman–Crippen MR) is 146 cm³/mol. The third kappa shape index (κ3) is 13.8. The lowest BCUT2D eigenvalue weighted by Gasteiger charge is -2.23. The van der Waals surface area contributed by atoms with E-state index in [4.69, 9.17) is 28.0 Å². The monoisotopic (exact) mass is 606 g/mol. The number of nitrogens with zero attached hydrogens (tertiary/aromatic N) is 1. The van der Waals surface area contributed by atoms with Gasteiger partial charge in [-0.1, -0.05) is 21.6 Å². The van der Waals surface area contributed by atoms with Crippen LogP contribution in [0, 0.1) is 0 Å². The lowest BCUT2D eigenvalue weighted by molar-refractivity contribution is -0.138. The summed E-state index contributed by atoms with van der Waals surface area (Å²) < 4.78 is 0. The van der Waals surface area contributed by atoms with Crippen LogP contribution in [0.5, 0.6) is 0 Å². The highest BCUT2D eigenvalue weighted by atomic mass is 33.1. The number of carboxylic acids is 1. The average molecular weight is 607 g/mol. The smallest absolute Gasteiger partial charge is 0.322 e. The minimum absolute atomic E-state index is 0.00623. The summed E-state index contributed by atoms with van der Waals surface area (Å²) in [5.41, 5.74) is 21.6. The molecular weight excluding hydrogens is 572 g/mol. The molecule has 1 heterocycles. The lowest BCUT2D eigenvalue weighted by atomic mass is 10.1. The summed E-state index contributed by atoms with van der Waals surface area (Å²) in [6.07, 6.45) is -0.284. The molecule has 1 rings (SSSR count).